The topological polar surface area (TPSA) is 87.7 Å². The number of nitrogens with one attached hydrogen (secondary N) is 2. The summed E-state index contributed by atoms with van der Waals surface area (Å²) in [5, 5.41) is 12.2. The van der Waals surface area contributed by atoms with Crippen molar-refractivity contribution in [2.45, 2.75) is 16.3 Å². The van der Waals surface area contributed by atoms with E-state index in [2.05, 4.69) is 26.6 Å². The van der Waals surface area contributed by atoms with E-state index in [-0.39, 0.29) is 9.92 Å². The van der Waals surface area contributed by atoms with Gasteiger partial charge in [0.15, 0.2) is 5.03 Å². The summed E-state index contributed by atoms with van der Waals surface area (Å²) in [5.41, 5.74) is 2.33. The molecule has 27 heavy (non-hydrogen) atoms. The van der Waals surface area contributed by atoms with Gasteiger partial charge in [0.2, 0.25) is 9.84 Å². The summed E-state index contributed by atoms with van der Waals surface area (Å²) in [5.74, 6) is 0.543. The van der Waals surface area contributed by atoms with Gasteiger partial charge in [-0.25, -0.2) is 8.42 Å². The van der Waals surface area contributed by atoms with Crippen LogP contribution in [0.15, 0.2) is 82.8 Å². The van der Waals surface area contributed by atoms with Gasteiger partial charge < -0.3 is 10.3 Å². The Morgan fingerprint density at radius 2 is 1.67 bits per heavy atom. The van der Waals surface area contributed by atoms with E-state index < -0.39 is 9.84 Å². The van der Waals surface area contributed by atoms with Crippen LogP contribution in [0.1, 0.15) is 5.56 Å². The van der Waals surface area contributed by atoms with Crippen molar-refractivity contribution in [3.63, 3.8) is 0 Å². The Morgan fingerprint density at radius 3 is 2.44 bits per heavy atom. The molecule has 2 aromatic heterocycles. The Morgan fingerprint density at radius 1 is 0.889 bits per heavy atom. The number of H-pyrrole nitrogens is 1. The molecule has 0 saturated carbocycles. The fraction of sp³-hybridized carbons (Fsp3) is 0.100. The van der Waals surface area contributed by atoms with Crippen LogP contribution in [0.25, 0.3) is 10.9 Å². The SMILES string of the molecule is O=S(=O)(c1ccccc1)c1ccc(NCCc2c[nH]c3ccccc23)nn1. The van der Waals surface area contributed by atoms with Gasteiger partial charge in [0.05, 0.1) is 4.90 Å². The van der Waals surface area contributed by atoms with Gasteiger partial charge in [-0.05, 0) is 42.3 Å². The van der Waals surface area contributed by atoms with Gasteiger partial charge in [-0.15, -0.1) is 10.2 Å². The molecule has 2 heterocycles. The predicted octanol–water partition coefficient (Wildman–Crippen LogP) is 3.45. The van der Waals surface area contributed by atoms with Crippen LogP contribution in [0.2, 0.25) is 0 Å². The van der Waals surface area contributed by atoms with Crippen LogP contribution in [-0.2, 0) is 16.3 Å². The number of aromatic amines is 1. The average Bonchev–Trinajstić information content (AvgIpc) is 3.12. The Hall–Kier alpha value is -3.19. The van der Waals surface area contributed by atoms with E-state index in [0.29, 0.717) is 12.4 Å². The summed E-state index contributed by atoms with van der Waals surface area (Å²) in [7, 11) is -3.64. The monoisotopic (exact) mass is 378 g/mol. The zero-order chi connectivity index (χ0) is 18.7. The number of benzene rings is 2. The lowest BCUT2D eigenvalue weighted by atomic mass is 10.1. The largest absolute Gasteiger partial charge is 0.368 e. The minimum absolute atomic E-state index is 0.0594. The van der Waals surface area contributed by atoms with Crippen molar-refractivity contribution in [3.8, 4) is 0 Å². The van der Waals surface area contributed by atoms with E-state index in [0.717, 1.165) is 11.9 Å². The van der Waals surface area contributed by atoms with Gasteiger partial charge in [0, 0.05) is 23.6 Å². The minimum atomic E-state index is -3.64. The van der Waals surface area contributed by atoms with Gasteiger partial charge in [-0.3, -0.25) is 0 Å². The fourth-order valence-corrected chi connectivity index (χ4v) is 4.09. The summed E-state index contributed by atoms with van der Waals surface area (Å²) in [6, 6.07) is 19.5. The van der Waals surface area contributed by atoms with E-state index in [1.807, 2.05) is 24.4 Å². The van der Waals surface area contributed by atoms with Crippen molar-refractivity contribution in [2.24, 2.45) is 0 Å². The highest BCUT2D eigenvalue weighted by Crippen LogP contribution is 2.20. The van der Waals surface area contributed by atoms with Crippen molar-refractivity contribution in [1.29, 1.82) is 0 Å². The molecule has 0 fully saturated rings. The molecule has 2 N–H and O–H groups in total. The van der Waals surface area contributed by atoms with Gasteiger partial charge in [-0.1, -0.05) is 36.4 Å². The molecule has 0 spiro atoms. The number of para-hydroxylation sites is 1. The van der Waals surface area contributed by atoms with Crippen LogP contribution in [0.5, 0.6) is 0 Å². The first kappa shape index (κ1) is 17.2. The average molecular weight is 378 g/mol. The third kappa shape index (κ3) is 3.54. The van der Waals surface area contributed by atoms with Crippen molar-refractivity contribution < 1.29 is 8.42 Å². The third-order valence-corrected chi connectivity index (χ3v) is 6.01. The lowest BCUT2D eigenvalue weighted by Crippen LogP contribution is -2.09. The van der Waals surface area contributed by atoms with Gasteiger partial charge in [0.25, 0.3) is 0 Å². The van der Waals surface area contributed by atoms with Crippen molar-refractivity contribution in [3.05, 3.63) is 78.5 Å². The standard InChI is InChI=1S/C20H18N4O2S/c25-27(26,16-6-2-1-3-7-16)20-11-10-19(23-24-20)21-13-12-15-14-22-18-9-5-4-8-17(15)18/h1-11,14,22H,12-13H2,(H,21,23). The molecule has 0 atom stereocenters. The molecule has 7 heteroatoms. The first-order valence-corrected chi connectivity index (χ1v) is 10.1. The second-order valence-electron chi connectivity index (χ2n) is 6.11. The van der Waals surface area contributed by atoms with E-state index in [9.17, 15) is 8.42 Å². The van der Waals surface area contributed by atoms with Gasteiger partial charge >= 0.3 is 0 Å². The highest BCUT2D eigenvalue weighted by Gasteiger charge is 2.19. The number of hydrogen-bond acceptors (Lipinski definition) is 5. The first-order chi connectivity index (χ1) is 13.1. The van der Waals surface area contributed by atoms with E-state index in [4.69, 9.17) is 0 Å². The second-order valence-corrected chi connectivity index (χ2v) is 8.01. The number of anilines is 1. The lowest BCUT2D eigenvalue weighted by Gasteiger charge is -2.06. The number of sulfone groups is 1. The van der Waals surface area contributed by atoms with Crippen LogP contribution >= 0.6 is 0 Å². The predicted molar refractivity (Wildman–Crippen MR) is 104 cm³/mol. The molecule has 0 aliphatic heterocycles. The fourth-order valence-electron chi connectivity index (χ4n) is 2.94. The zero-order valence-corrected chi connectivity index (χ0v) is 15.3. The summed E-state index contributed by atoms with van der Waals surface area (Å²) in [6.45, 7) is 0.668. The van der Waals surface area contributed by atoms with Gasteiger partial charge in [0.1, 0.15) is 5.82 Å². The maximum Gasteiger partial charge on any atom is 0.225 e. The molecule has 0 radical (unpaired) electrons. The molecule has 0 unspecified atom stereocenters. The van der Waals surface area contributed by atoms with Crippen LogP contribution < -0.4 is 5.32 Å². The molecule has 4 aromatic rings. The molecule has 6 nitrogen and oxygen atoms in total. The molecular weight excluding hydrogens is 360 g/mol. The number of aromatic nitrogens is 3. The molecule has 0 saturated heterocycles. The Balaban J connectivity index is 1.42. The first-order valence-electron chi connectivity index (χ1n) is 8.57. The number of hydrogen-bond donors (Lipinski definition) is 2. The van der Waals surface area contributed by atoms with E-state index >= 15 is 0 Å². The smallest absolute Gasteiger partial charge is 0.225 e. The lowest BCUT2D eigenvalue weighted by molar-refractivity contribution is 0.590. The Labute approximate surface area is 157 Å². The van der Waals surface area contributed by atoms with Crippen LogP contribution in [0.4, 0.5) is 5.82 Å². The normalized spacial score (nSPS) is 11.6. The summed E-state index contributed by atoms with van der Waals surface area (Å²) >= 11 is 0. The van der Waals surface area contributed by atoms with Gasteiger partial charge in [-0.2, -0.15) is 0 Å². The molecule has 0 amide bonds. The quantitative estimate of drug-likeness (QED) is 0.537. The Bertz CT molecular complexity index is 1150. The highest BCUT2D eigenvalue weighted by molar-refractivity contribution is 7.91. The van der Waals surface area contributed by atoms with Crippen LogP contribution in [0.3, 0.4) is 0 Å². The molecule has 0 aliphatic carbocycles. The van der Waals surface area contributed by atoms with Crippen LogP contribution in [0, 0.1) is 0 Å². The number of fused-ring (bicyclic) bond motifs is 1. The van der Waals surface area contributed by atoms with Crippen molar-refractivity contribution in [2.75, 3.05) is 11.9 Å². The number of rotatable bonds is 6. The summed E-state index contributed by atoms with van der Waals surface area (Å²) < 4.78 is 25.0. The molecule has 0 aliphatic rings. The Kier molecular flexibility index (Phi) is 4.60. The third-order valence-electron chi connectivity index (χ3n) is 4.34. The molecular formula is C20H18N4O2S. The summed E-state index contributed by atoms with van der Waals surface area (Å²) in [6.07, 6.45) is 2.82. The molecule has 2 aromatic carbocycles. The maximum atomic E-state index is 12.5. The second kappa shape index (κ2) is 7.20. The maximum absolute atomic E-state index is 12.5. The molecule has 0 bridgehead atoms. The summed E-state index contributed by atoms with van der Waals surface area (Å²) in [4.78, 5) is 3.46. The molecule has 4 rings (SSSR count). The minimum Gasteiger partial charge on any atom is -0.368 e. The molecule has 136 valence electrons. The zero-order valence-electron chi connectivity index (χ0n) is 14.5. The van der Waals surface area contributed by atoms with E-state index in [1.165, 1.54) is 17.0 Å². The van der Waals surface area contributed by atoms with Crippen LogP contribution in [-0.4, -0.2) is 30.1 Å². The highest BCUT2D eigenvalue weighted by atomic mass is 32.2. The van der Waals surface area contributed by atoms with Crippen molar-refractivity contribution in [1.82, 2.24) is 15.2 Å². The van der Waals surface area contributed by atoms with Crippen molar-refractivity contribution >= 4 is 26.6 Å². The number of nitrogens with zero attached hydrogens (tertiary/aromatic N) is 2. The van der Waals surface area contributed by atoms with E-state index in [1.54, 1.807) is 36.4 Å².